The van der Waals surface area contributed by atoms with Gasteiger partial charge in [-0.25, -0.2) is 17.9 Å². The standard InChI is InChI=1S/C10H16N2O5S/c1-11-4-3-5-12-18(14,15)9-6-8(7-17-9)10(13)16-2/h6-7,11-12H,3-5H2,1-2H3. The SMILES string of the molecule is CNCCCNS(=O)(=O)c1cc(C(=O)OC)co1. The number of sulfonamides is 1. The van der Waals surface area contributed by atoms with Crippen molar-refractivity contribution in [2.24, 2.45) is 0 Å². The van der Waals surface area contributed by atoms with Gasteiger partial charge in [-0.2, -0.15) is 0 Å². The summed E-state index contributed by atoms with van der Waals surface area (Å²) < 4.78 is 35.1. The van der Waals surface area contributed by atoms with Crippen LogP contribution in [-0.4, -0.2) is 41.6 Å². The van der Waals surface area contributed by atoms with Gasteiger partial charge in [-0.1, -0.05) is 0 Å². The summed E-state index contributed by atoms with van der Waals surface area (Å²) in [5, 5.41) is 2.60. The van der Waals surface area contributed by atoms with E-state index in [1.807, 2.05) is 0 Å². The monoisotopic (exact) mass is 276 g/mol. The summed E-state index contributed by atoms with van der Waals surface area (Å²) in [5.74, 6) is -0.643. The van der Waals surface area contributed by atoms with E-state index >= 15 is 0 Å². The van der Waals surface area contributed by atoms with Gasteiger partial charge in [0.15, 0.2) is 0 Å². The first-order valence-corrected chi connectivity index (χ1v) is 6.80. The maximum Gasteiger partial charge on any atom is 0.341 e. The molecule has 0 atom stereocenters. The molecule has 0 saturated heterocycles. The van der Waals surface area contributed by atoms with Crippen LogP contribution in [0.15, 0.2) is 21.8 Å². The van der Waals surface area contributed by atoms with Crippen molar-refractivity contribution in [3.63, 3.8) is 0 Å². The van der Waals surface area contributed by atoms with E-state index in [2.05, 4.69) is 14.8 Å². The molecule has 18 heavy (non-hydrogen) atoms. The fraction of sp³-hybridized carbons (Fsp3) is 0.500. The second-order valence-electron chi connectivity index (χ2n) is 3.50. The molecule has 2 N–H and O–H groups in total. The second-order valence-corrected chi connectivity index (χ2v) is 5.20. The summed E-state index contributed by atoms with van der Waals surface area (Å²) in [6.07, 6.45) is 1.70. The minimum atomic E-state index is -3.71. The summed E-state index contributed by atoms with van der Waals surface area (Å²) >= 11 is 0. The van der Waals surface area contributed by atoms with Crippen LogP contribution in [0.1, 0.15) is 16.8 Å². The number of hydrogen-bond donors (Lipinski definition) is 2. The lowest BCUT2D eigenvalue weighted by atomic mass is 10.3. The molecule has 8 heteroatoms. The average molecular weight is 276 g/mol. The predicted molar refractivity (Wildman–Crippen MR) is 63.8 cm³/mol. The summed E-state index contributed by atoms with van der Waals surface area (Å²) in [6.45, 7) is 0.992. The van der Waals surface area contributed by atoms with E-state index < -0.39 is 16.0 Å². The normalized spacial score (nSPS) is 11.4. The average Bonchev–Trinajstić information content (AvgIpc) is 2.84. The molecule has 1 rings (SSSR count). The summed E-state index contributed by atoms with van der Waals surface area (Å²) in [4.78, 5) is 11.1. The van der Waals surface area contributed by atoms with E-state index in [-0.39, 0.29) is 17.2 Å². The highest BCUT2D eigenvalue weighted by molar-refractivity contribution is 7.89. The van der Waals surface area contributed by atoms with Gasteiger partial charge in [0, 0.05) is 12.6 Å². The van der Waals surface area contributed by atoms with Crippen LogP contribution in [0.3, 0.4) is 0 Å². The first-order chi connectivity index (χ1) is 8.51. The molecule has 0 spiro atoms. The van der Waals surface area contributed by atoms with Crippen LogP contribution in [0.4, 0.5) is 0 Å². The highest BCUT2D eigenvalue weighted by atomic mass is 32.2. The molecule has 0 fully saturated rings. The van der Waals surface area contributed by atoms with Crippen LogP contribution in [0.2, 0.25) is 0 Å². The molecule has 0 radical (unpaired) electrons. The van der Waals surface area contributed by atoms with Crippen LogP contribution in [0.5, 0.6) is 0 Å². The zero-order valence-corrected chi connectivity index (χ0v) is 11.0. The maximum atomic E-state index is 11.7. The van der Waals surface area contributed by atoms with Gasteiger partial charge in [-0.05, 0) is 20.0 Å². The van der Waals surface area contributed by atoms with Gasteiger partial charge in [0.1, 0.15) is 6.26 Å². The molecular weight excluding hydrogens is 260 g/mol. The first-order valence-electron chi connectivity index (χ1n) is 5.32. The molecular formula is C10H16N2O5S. The van der Waals surface area contributed by atoms with E-state index in [1.54, 1.807) is 7.05 Å². The van der Waals surface area contributed by atoms with E-state index in [4.69, 9.17) is 4.42 Å². The number of nitrogens with one attached hydrogen (secondary N) is 2. The molecule has 1 aromatic rings. The van der Waals surface area contributed by atoms with Crippen molar-refractivity contribution >= 4 is 16.0 Å². The van der Waals surface area contributed by atoms with Gasteiger partial charge in [0.25, 0.3) is 10.0 Å². The lowest BCUT2D eigenvalue weighted by Crippen LogP contribution is -2.26. The Labute approximate surface area is 106 Å². The molecule has 0 saturated carbocycles. The van der Waals surface area contributed by atoms with Crippen molar-refractivity contribution < 1.29 is 22.4 Å². The maximum absolute atomic E-state index is 11.7. The van der Waals surface area contributed by atoms with Crippen LogP contribution in [0.25, 0.3) is 0 Å². The molecule has 0 aliphatic carbocycles. The number of carbonyl (C=O) groups excluding carboxylic acids is 1. The van der Waals surface area contributed by atoms with Crippen LogP contribution >= 0.6 is 0 Å². The molecule has 0 amide bonds. The molecule has 0 unspecified atom stereocenters. The molecule has 0 aliphatic heterocycles. The highest BCUT2D eigenvalue weighted by Crippen LogP contribution is 2.14. The molecule has 1 aromatic heterocycles. The number of furan rings is 1. The Bertz CT molecular complexity index is 494. The first kappa shape index (κ1) is 14.7. The van der Waals surface area contributed by atoms with Crippen LogP contribution in [-0.2, 0) is 14.8 Å². The number of hydrogen-bond acceptors (Lipinski definition) is 6. The Balaban J connectivity index is 2.67. The Morgan fingerprint density at radius 3 is 2.78 bits per heavy atom. The highest BCUT2D eigenvalue weighted by Gasteiger charge is 2.20. The number of methoxy groups -OCH3 is 1. The van der Waals surface area contributed by atoms with Gasteiger partial charge < -0.3 is 14.5 Å². The summed E-state index contributed by atoms with van der Waals surface area (Å²) in [7, 11) is -0.725. The largest absolute Gasteiger partial charge is 0.465 e. The van der Waals surface area contributed by atoms with E-state index in [0.29, 0.717) is 13.0 Å². The third-order valence-corrected chi connectivity index (χ3v) is 3.48. The lowest BCUT2D eigenvalue weighted by molar-refractivity contribution is 0.0600. The minimum Gasteiger partial charge on any atom is -0.465 e. The third kappa shape index (κ3) is 3.83. The lowest BCUT2D eigenvalue weighted by Gasteiger charge is -2.03. The van der Waals surface area contributed by atoms with Crippen molar-refractivity contribution in [2.45, 2.75) is 11.5 Å². The smallest absolute Gasteiger partial charge is 0.341 e. The topological polar surface area (TPSA) is 97.6 Å². The minimum absolute atomic E-state index is 0.0631. The summed E-state index contributed by atoms with van der Waals surface area (Å²) in [5.41, 5.74) is 0.0631. The van der Waals surface area contributed by atoms with Crippen molar-refractivity contribution in [1.82, 2.24) is 10.0 Å². The van der Waals surface area contributed by atoms with Crippen molar-refractivity contribution in [3.05, 3.63) is 17.9 Å². The Hall–Kier alpha value is -1.38. The fourth-order valence-corrected chi connectivity index (χ4v) is 2.24. The molecule has 0 aliphatic rings. The molecule has 0 bridgehead atoms. The van der Waals surface area contributed by atoms with Gasteiger partial charge >= 0.3 is 5.97 Å². The molecule has 102 valence electrons. The number of ether oxygens (including phenoxy) is 1. The Kier molecular flexibility index (Phi) is 5.32. The van der Waals surface area contributed by atoms with Crippen molar-refractivity contribution in [2.75, 3.05) is 27.2 Å². The van der Waals surface area contributed by atoms with E-state index in [1.165, 1.54) is 7.11 Å². The molecule has 0 aromatic carbocycles. The van der Waals surface area contributed by atoms with E-state index in [0.717, 1.165) is 12.3 Å². The predicted octanol–water partition coefficient (Wildman–Crippen LogP) is -0.0460. The Morgan fingerprint density at radius 1 is 1.44 bits per heavy atom. The zero-order chi connectivity index (χ0) is 13.6. The zero-order valence-electron chi connectivity index (χ0n) is 10.2. The van der Waals surface area contributed by atoms with Crippen molar-refractivity contribution in [3.8, 4) is 0 Å². The Morgan fingerprint density at radius 2 is 2.17 bits per heavy atom. The second kappa shape index (κ2) is 6.53. The molecule has 1 heterocycles. The third-order valence-electron chi connectivity index (χ3n) is 2.16. The number of carbonyl (C=O) groups is 1. The van der Waals surface area contributed by atoms with Gasteiger partial charge in [0.2, 0.25) is 5.09 Å². The molecule has 7 nitrogen and oxygen atoms in total. The number of esters is 1. The summed E-state index contributed by atoms with van der Waals surface area (Å²) in [6, 6.07) is 1.13. The van der Waals surface area contributed by atoms with Crippen molar-refractivity contribution in [1.29, 1.82) is 0 Å². The van der Waals surface area contributed by atoms with E-state index in [9.17, 15) is 13.2 Å². The van der Waals surface area contributed by atoms with Crippen LogP contribution < -0.4 is 10.0 Å². The van der Waals surface area contributed by atoms with Gasteiger partial charge in [-0.15, -0.1) is 0 Å². The van der Waals surface area contributed by atoms with Gasteiger partial charge in [0.05, 0.1) is 12.7 Å². The fourth-order valence-electron chi connectivity index (χ4n) is 1.23. The van der Waals surface area contributed by atoms with Crippen LogP contribution in [0, 0.1) is 0 Å². The quantitative estimate of drug-likeness (QED) is 0.535. The number of rotatable bonds is 7. The van der Waals surface area contributed by atoms with Gasteiger partial charge in [-0.3, -0.25) is 0 Å².